The Morgan fingerprint density at radius 1 is 1.35 bits per heavy atom. The lowest BCUT2D eigenvalue weighted by Gasteiger charge is -2.25. The fourth-order valence-electron chi connectivity index (χ4n) is 2.17. The lowest BCUT2D eigenvalue weighted by Crippen LogP contribution is -2.35. The van der Waals surface area contributed by atoms with Crippen LogP contribution in [0.2, 0.25) is 0 Å². The monoisotopic (exact) mass is 237 g/mol. The topological polar surface area (TPSA) is 66.4 Å². The second kappa shape index (κ2) is 6.95. The molecular weight excluding hydrogens is 218 g/mol. The van der Waals surface area contributed by atoms with Crippen molar-refractivity contribution in [2.45, 2.75) is 39.0 Å². The van der Waals surface area contributed by atoms with Crippen LogP contribution in [-0.4, -0.2) is 23.5 Å². The van der Waals surface area contributed by atoms with E-state index in [1.807, 2.05) is 0 Å². The summed E-state index contributed by atoms with van der Waals surface area (Å²) in [5.74, 6) is 4.35. The molecule has 0 heterocycles. The average Bonchev–Trinajstić information content (AvgIpc) is 2.34. The van der Waals surface area contributed by atoms with E-state index in [9.17, 15) is 9.59 Å². The van der Waals surface area contributed by atoms with Crippen LogP contribution in [0.3, 0.4) is 0 Å². The minimum atomic E-state index is -0.778. The van der Waals surface area contributed by atoms with Crippen molar-refractivity contribution in [2.75, 3.05) is 6.54 Å². The number of hydrogen-bond donors (Lipinski definition) is 2. The number of carbonyl (C=O) groups excluding carboxylic acids is 1. The summed E-state index contributed by atoms with van der Waals surface area (Å²) in [5.41, 5.74) is 0. The molecule has 17 heavy (non-hydrogen) atoms. The number of carboxylic acid groups (broad SMARTS) is 1. The Kier molecular flexibility index (Phi) is 5.55. The van der Waals surface area contributed by atoms with Gasteiger partial charge in [0.15, 0.2) is 0 Å². The summed E-state index contributed by atoms with van der Waals surface area (Å²) < 4.78 is 0. The largest absolute Gasteiger partial charge is 0.481 e. The Labute approximate surface area is 102 Å². The number of rotatable bonds is 4. The molecule has 2 unspecified atom stereocenters. The number of carbonyl (C=O) groups is 2. The highest BCUT2D eigenvalue weighted by atomic mass is 16.4. The van der Waals surface area contributed by atoms with Gasteiger partial charge >= 0.3 is 5.97 Å². The van der Waals surface area contributed by atoms with Crippen molar-refractivity contribution in [1.29, 1.82) is 0 Å². The zero-order valence-corrected chi connectivity index (χ0v) is 10.2. The first-order chi connectivity index (χ1) is 8.15. The molecule has 1 aliphatic rings. The number of carboxylic acids is 1. The Bertz CT molecular complexity index is 340. The first kappa shape index (κ1) is 13.6. The summed E-state index contributed by atoms with van der Waals surface area (Å²) in [6, 6.07) is 0. The van der Waals surface area contributed by atoms with Gasteiger partial charge in [0.1, 0.15) is 0 Å². The minimum absolute atomic E-state index is 0.0196. The van der Waals surface area contributed by atoms with Gasteiger partial charge in [0.05, 0.1) is 5.92 Å². The summed E-state index contributed by atoms with van der Waals surface area (Å²) in [6.45, 7) is 2.31. The van der Waals surface area contributed by atoms with E-state index < -0.39 is 5.97 Å². The molecule has 1 rings (SSSR count). The molecule has 4 heteroatoms. The second-order valence-electron chi connectivity index (χ2n) is 4.37. The predicted molar refractivity (Wildman–Crippen MR) is 64.2 cm³/mol. The zero-order chi connectivity index (χ0) is 12.7. The third-order valence-electron chi connectivity index (χ3n) is 3.12. The van der Waals surface area contributed by atoms with Gasteiger partial charge in [-0.1, -0.05) is 6.42 Å². The van der Waals surface area contributed by atoms with Gasteiger partial charge in [0, 0.05) is 18.9 Å². The van der Waals surface area contributed by atoms with E-state index in [1.165, 1.54) is 0 Å². The van der Waals surface area contributed by atoms with Crippen LogP contribution < -0.4 is 5.32 Å². The Hall–Kier alpha value is -1.50. The van der Waals surface area contributed by atoms with Gasteiger partial charge in [0.2, 0.25) is 5.91 Å². The van der Waals surface area contributed by atoms with E-state index in [-0.39, 0.29) is 17.7 Å². The number of nitrogens with one attached hydrogen (secondary N) is 1. The molecule has 0 saturated heterocycles. The minimum Gasteiger partial charge on any atom is -0.481 e. The van der Waals surface area contributed by atoms with Gasteiger partial charge < -0.3 is 10.4 Å². The SMILES string of the molecule is CC#CCCNC(=O)C1CCCC(C(=O)O)C1. The molecule has 94 valence electrons. The maximum absolute atomic E-state index is 11.8. The molecule has 0 aromatic carbocycles. The molecule has 0 bridgehead atoms. The normalized spacial score (nSPS) is 23.4. The third-order valence-corrected chi connectivity index (χ3v) is 3.12. The van der Waals surface area contributed by atoms with E-state index in [4.69, 9.17) is 5.11 Å². The van der Waals surface area contributed by atoms with Gasteiger partial charge in [-0.15, -0.1) is 11.8 Å². The summed E-state index contributed by atoms with van der Waals surface area (Å²) in [6.07, 6.45) is 3.44. The highest BCUT2D eigenvalue weighted by molar-refractivity contribution is 5.80. The molecule has 1 amide bonds. The standard InChI is InChI=1S/C13H19NO3/c1-2-3-4-8-14-12(15)10-6-5-7-11(9-10)13(16)17/h10-11H,4-9H2,1H3,(H,14,15)(H,16,17). The van der Waals surface area contributed by atoms with Crippen molar-refractivity contribution in [3.05, 3.63) is 0 Å². The van der Waals surface area contributed by atoms with Gasteiger partial charge in [0.25, 0.3) is 0 Å². The first-order valence-electron chi connectivity index (χ1n) is 6.05. The smallest absolute Gasteiger partial charge is 0.306 e. The number of hydrogen-bond acceptors (Lipinski definition) is 2. The molecule has 0 radical (unpaired) electrons. The molecule has 0 aliphatic heterocycles. The number of aliphatic carboxylic acids is 1. The van der Waals surface area contributed by atoms with Crippen LogP contribution >= 0.6 is 0 Å². The molecule has 0 spiro atoms. The highest BCUT2D eigenvalue weighted by Crippen LogP contribution is 2.29. The Morgan fingerprint density at radius 3 is 2.71 bits per heavy atom. The van der Waals surface area contributed by atoms with Crippen molar-refractivity contribution in [3.63, 3.8) is 0 Å². The summed E-state index contributed by atoms with van der Waals surface area (Å²) in [5, 5.41) is 11.7. The van der Waals surface area contributed by atoms with Crippen molar-refractivity contribution < 1.29 is 14.7 Å². The van der Waals surface area contributed by atoms with E-state index >= 15 is 0 Å². The van der Waals surface area contributed by atoms with Crippen molar-refractivity contribution in [3.8, 4) is 11.8 Å². The van der Waals surface area contributed by atoms with E-state index in [0.29, 0.717) is 25.8 Å². The fourth-order valence-corrected chi connectivity index (χ4v) is 2.17. The Morgan fingerprint density at radius 2 is 2.06 bits per heavy atom. The number of amides is 1. The third kappa shape index (κ3) is 4.48. The van der Waals surface area contributed by atoms with Crippen molar-refractivity contribution in [2.24, 2.45) is 11.8 Å². The van der Waals surface area contributed by atoms with Gasteiger partial charge in [-0.3, -0.25) is 9.59 Å². The van der Waals surface area contributed by atoms with Crippen molar-refractivity contribution in [1.82, 2.24) is 5.32 Å². The maximum Gasteiger partial charge on any atom is 0.306 e. The molecule has 1 aliphatic carbocycles. The first-order valence-corrected chi connectivity index (χ1v) is 6.05. The molecule has 4 nitrogen and oxygen atoms in total. The van der Waals surface area contributed by atoms with Crippen LogP contribution in [0.4, 0.5) is 0 Å². The van der Waals surface area contributed by atoms with Crippen molar-refractivity contribution >= 4 is 11.9 Å². The van der Waals surface area contributed by atoms with E-state index in [1.54, 1.807) is 6.92 Å². The lowest BCUT2D eigenvalue weighted by molar-refractivity contribution is -0.144. The Balaban J connectivity index is 2.35. The van der Waals surface area contributed by atoms with Crippen LogP contribution in [0.1, 0.15) is 39.0 Å². The van der Waals surface area contributed by atoms with Crippen LogP contribution in [0.15, 0.2) is 0 Å². The average molecular weight is 237 g/mol. The zero-order valence-electron chi connectivity index (χ0n) is 10.2. The summed E-state index contributed by atoms with van der Waals surface area (Å²) in [4.78, 5) is 22.6. The van der Waals surface area contributed by atoms with E-state index in [0.717, 1.165) is 12.8 Å². The predicted octanol–water partition coefficient (Wildman–Crippen LogP) is 1.41. The maximum atomic E-state index is 11.8. The molecule has 1 saturated carbocycles. The van der Waals surface area contributed by atoms with Crippen LogP contribution in [-0.2, 0) is 9.59 Å². The van der Waals surface area contributed by atoms with Gasteiger partial charge in [-0.25, -0.2) is 0 Å². The van der Waals surface area contributed by atoms with Crippen LogP contribution in [0, 0.1) is 23.7 Å². The quantitative estimate of drug-likeness (QED) is 0.574. The van der Waals surface area contributed by atoms with Gasteiger partial charge in [-0.05, 0) is 26.2 Å². The molecule has 2 N–H and O–H groups in total. The highest BCUT2D eigenvalue weighted by Gasteiger charge is 2.30. The van der Waals surface area contributed by atoms with Crippen LogP contribution in [0.25, 0.3) is 0 Å². The van der Waals surface area contributed by atoms with E-state index in [2.05, 4.69) is 17.2 Å². The summed E-state index contributed by atoms with van der Waals surface area (Å²) in [7, 11) is 0. The molecule has 2 atom stereocenters. The summed E-state index contributed by atoms with van der Waals surface area (Å²) >= 11 is 0. The second-order valence-corrected chi connectivity index (χ2v) is 4.37. The lowest BCUT2D eigenvalue weighted by atomic mass is 9.81. The van der Waals surface area contributed by atoms with Gasteiger partial charge in [-0.2, -0.15) is 0 Å². The molecule has 1 fully saturated rings. The molecule has 0 aromatic rings. The van der Waals surface area contributed by atoms with Crippen LogP contribution in [0.5, 0.6) is 0 Å². The molecular formula is C13H19NO3. The molecule has 0 aromatic heterocycles. The fraction of sp³-hybridized carbons (Fsp3) is 0.692.